The topological polar surface area (TPSA) is 46.5 Å². The zero-order valence-corrected chi connectivity index (χ0v) is 9.06. The van der Waals surface area contributed by atoms with Gasteiger partial charge in [-0.15, -0.1) is 0 Å². The zero-order chi connectivity index (χ0) is 11.7. The van der Waals surface area contributed by atoms with Crippen molar-refractivity contribution in [1.82, 2.24) is 0 Å². The molecule has 82 valence electrons. The van der Waals surface area contributed by atoms with Crippen molar-refractivity contribution in [3.05, 3.63) is 42.5 Å². The molecule has 0 saturated carbocycles. The highest BCUT2D eigenvalue weighted by Crippen LogP contribution is 2.02. The smallest absolute Gasteiger partial charge is 0.333 e. The third-order valence-corrected chi connectivity index (χ3v) is 1.38. The number of aromatic hydroxyl groups is 1. The molecule has 0 aliphatic heterocycles. The number of hydrogen-bond donors (Lipinski definition) is 1. The maximum Gasteiger partial charge on any atom is 0.333 e. The largest absolute Gasteiger partial charge is 0.508 e. The molecule has 0 unspecified atom stereocenters. The summed E-state index contributed by atoms with van der Waals surface area (Å²) in [4.78, 5) is 10.4. The number of esters is 1. The van der Waals surface area contributed by atoms with Gasteiger partial charge in [-0.1, -0.05) is 24.8 Å². The van der Waals surface area contributed by atoms with Crippen LogP contribution in [0.15, 0.2) is 42.5 Å². The van der Waals surface area contributed by atoms with Gasteiger partial charge in [0.1, 0.15) is 5.75 Å². The first kappa shape index (κ1) is 13.2. The standard InChI is InChI=1S/C6H10O2.C6H6O/c1-4-8-6(7)5(2)3;7-6-4-2-1-3-5-6/h2,4H2,1,3H3;1-5,7H. The molecule has 0 bridgehead atoms. The van der Waals surface area contributed by atoms with E-state index >= 15 is 0 Å². The molecule has 1 rings (SSSR count). The Balaban J connectivity index is 0.000000262. The van der Waals surface area contributed by atoms with E-state index in [1.807, 2.05) is 6.07 Å². The van der Waals surface area contributed by atoms with Crippen molar-refractivity contribution >= 4 is 5.97 Å². The molecule has 0 atom stereocenters. The van der Waals surface area contributed by atoms with E-state index in [1.165, 1.54) is 0 Å². The van der Waals surface area contributed by atoms with Crippen LogP contribution in [0.3, 0.4) is 0 Å². The van der Waals surface area contributed by atoms with Crippen molar-refractivity contribution < 1.29 is 14.6 Å². The molecule has 0 aromatic heterocycles. The summed E-state index contributed by atoms with van der Waals surface area (Å²) < 4.78 is 4.56. The van der Waals surface area contributed by atoms with Crippen LogP contribution in [0.5, 0.6) is 5.75 Å². The van der Waals surface area contributed by atoms with Crippen molar-refractivity contribution in [2.75, 3.05) is 6.61 Å². The number of benzene rings is 1. The summed E-state index contributed by atoms with van der Waals surface area (Å²) in [5.41, 5.74) is 0.451. The number of carbonyl (C=O) groups is 1. The predicted octanol–water partition coefficient (Wildman–Crippen LogP) is 2.52. The maximum atomic E-state index is 10.4. The second-order valence-electron chi connectivity index (χ2n) is 2.84. The second-order valence-corrected chi connectivity index (χ2v) is 2.84. The van der Waals surface area contributed by atoms with Gasteiger partial charge in [0.2, 0.25) is 0 Å². The third kappa shape index (κ3) is 7.31. The molecule has 0 saturated heterocycles. The van der Waals surface area contributed by atoms with Gasteiger partial charge in [-0.2, -0.15) is 0 Å². The monoisotopic (exact) mass is 208 g/mol. The number of phenols is 1. The molecule has 1 N–H and O–H groups in total. The van der Waals surface area contributed by atoms with E-state index in [9.17, 15) is 4.79 Å². The Morgan fingerprint density at radius 3 is 2.13 bits per heavy atom. The van der Waals surface area contributed by atoms with Crippen LogP contribution in [0.1, 0.15) is 13.8 Å². The summed E-state index contributed by atoms with van der Waals surface area (Å²) in [6.07, 6.45) is 0. The molecule has 0 radical (unpaired) electrons. The average molecular weight is 208 g/mol. The van der Waals surface area contributed by atoms with Gasteiger partial charge < -0.3 is 9.84 Å². The van der Waals surface area contributed by atoms with Crippen molar-refractivity contribution in [3.8, 4) is 5.75 Å². The number of para-hydroxylation sites is 1. The lowest BCUT2D eigenvalue weighted by Crippen LogP contribution is -2.03. The maximum absolute atomic E-state index is 10.4. The molecule has 1 aromatic rings. The van der Waals surface area contributed by atoms with Crippen molar-refractivity contribution in [3.63, 3.8) is 0 Å². The quantitative estimate of drug-likeness (QED) is 0.600. The van der Waals surface area contributed by atoms with Crippen LogP contribution in [0.4, 0.5) is 0 Å². The molecular weight excluding hydrogens is 192 g/mol. The van der Waals surface area contributed by atoms with Crippen molar-refractivity contribution in [1.29, 1.82) is 0 Å². The molecule has 0 spiro atoms. The lowest BCUT2D eigenvalue weighted by atomic mass is 10.3. The molecule has 3 heteroatoms. The van der Waals surface area contributed by atoms with Gasteiger partial charge in [0.05, 0.1) is 6.61 Å². The van der Waals surface area contributed by atoms with E-state index in [4.69, 9.17) is 5.11 Å². The normalized spacial score (nSPS) is 8.40. The Hall–Kier alpha value is -1.77. The fourth-order valence-corrected chi connectivity index (χ4v) is 0.682. The first-order valence-corrected chi connectivity index (χ1v) is 4.64. The van der Waals surface area contributed by atoms with Gasteiger partial charge >= 0.3 is 5.97 Å². The predicted molar refractivity (Wildman–Crippen MR) is 59.6 cm³/mol. The van der Waals surface area contributed by atoms with Crippen LogP contribution in [-0.4, -0.2) is 17.7 Å². The molecule has 0 fully saturated rings. The molecular formula is C12H16O3. The fraction of sp³-hybridized carbons (Fsp3) is 0.250. The van der Waals surface area contributed by atoms with E-state index in [0.717, 1.165) is 0 Å². The summed E-state index contributed by atoms with van der Waals surface area (Å²) in [7, 11) is 0. The summed E-state index contributed by atoms with van der Waals surface area (Å²) in [5, 5.41) is 8.63. The zero-order valence-electron chi connectivity index (χ0n) is 9.06. The van der Waals surface area contributed by atoms with Crippen LogP contribution >= 0.6 is 0 Å². The van der Waals surface area contributed by atoms with Crippen LogP contribution < -0.4 is 0 Å². The minimum atomic E-state index is -0.312. The molecule has 15 heavy (non-hydrogen) atoms. The average Bonchev–Trinajstić information content (AvgIpc) is 2.20. The Bertz CT molecular complexity index is 304. The van der Waals surface area contributed by atoms with E-state index in [0.29, 0.717) is 17.9 Å². The molecule has 0 amide bonds. The Morgan fingerprint density at radius 1 is 1.40 bits per heavy atom. The Kier molecular flexibility index (Phi) is 6.72. The SMILES string of the molecule is C=C(C)C(=O)OCC.Oc1ccccc1. The fourth-order valence-electron chi connectivity index (χ4n) is 0.682. The van der Waals surface area contributed by atoms with E-state index < -0.39 is 0 Å². The summed E-state index contributed by atoms with van der Waals surface area (Å²) in [6, 6.07) is 8.71. The Labute approximate surface area is 90.0 Å². The molecule has 0 aliphatic carbocycles. The van der Waals surface area contributed by atoms with Crippen molar-refractivity contribution in [2.45, 2.75) is 13.8 Å². The minimum absolute atomic E-state index is 0.312. The van der Waals surface area contributed by atoms with Gasteiger partial charge in [0.25, 0.3) is 0 Å². The lowest BCUT2D eigenvalue weighted by Gasteiger charge is -1.96. The summed E-state index contributed by atoms with van der Waals surface area (Å²) >= 11 is 0. The number of hydrogen-bond acceptors (Lipinski definition) is 3. The molecule has 1 aromatic carbocycles. The van der Waals surface area contributed by atoms with Crippen LogP contribution in [0, 0.1) is 0 Å². The van der Waals surface area contributed by atoms with Gasteiger partial charge in [0.15, 0.2) is 0 Å². The number of ether oxygens (including phenoxy) is 1. The first-order valence-electron chi connectivity index (χ1n) is 4.64. The molecule has 0 aliphatic rings. The van der Waals surface area contributed by atoms with Crippen LogP contribution in [0.2, 0.25) is 0 Å². The number of rotatable bonds is 2. The van der Waals surface area contributed by atoms with Gasteiger partial charge in [-0.05, 0) is 26.0 Å². The highest BCUT2D eigenvalue weighted by molar-refractivity contribution is 5.86. The molecule has 3 nitrogen and oxygen atoms in total. The lowest BCUT2D eigenvalue weighted by molar-refractivity contribution is -0.138. The van der Waals surface area contributed by atoms with Crippen LogP contribution in [0.25, 0.3) is 0 Å². The number of carbonyl (C=O) groups excluding carboxylic acids is 1. The van der Waals surface area contributed by atoms with E-state index in [2.05, 4.69) is 11.3 Å². The van der Waals surface area contributed by atoms with Crippen molar-refractivity contribution in [2.24, 2.45) is 0 Å². The molecule has 0 heterocycles. The van der Waals surface area contributed by atoms with Gasteiger partial charge in [0, 0.05) is 5.57 Å². The number of phenolic OH excluding ortho intramolecular Hbond substituents is 1. The van der Waals surface area contributed by atoms with Gasteiger partial charge in [-0.25, -0.2) is 4.79 Å². The summed E-state index contributed by atoms with van der Waals surface area (Å²) in [6.45, 7) is 7.21. The van der Waals surface area contributed by atoms with E-state index in [-0.39, 0.29) is 5.97 Å². The van der Waals surface area contributed by atoms with Gasteiger partial charge in [-0.3, -0.25) is 0 Å². The minimum Gasteiger partial charge on any atom is -0.508 e. The first-order chi connectivity index (χ1) is 7.07. The highest BCUT2D eigenvalue weighted by Gasteiger charge is 1.98. The van der Waals surface area contributed by atoms with Crippen LogP contribution in [-0.2, 0) is 9.53 Å². The second kappa shape index (κ2) is 7.62. The highest BCUT2D eigenvalue weighted by atomic mass is 16.5. The summed E-state index contributed by atoms with van der Waals surface area (Å²) in [5.74, 6) is 0.00926. The third-order valence-electron chi connectivity index (χ3n) is 1.38. The Morgan fingerprint density at radius 2 is 1.93 bits per heavy atom. The van der Waals surface area contributed by atoms with E-state index in [1.54, 1.807) is 38.1 Å².